The third kappa shape index (κ3) is 9.99. The molecule has 0 saturated heterocycles. The Kier molecular flexibility index (Phi) is 346. The van der Waals surface area contributed by atoms with Gasteiger partial charge in [0, 0.05) is 0 Å². The van der Waals surface area contributed by atoms with Crippen LogP contribution in [0, 0.1) is 0 Å². The van der Waals surface area contributed by atoms with E-state index in [-0.39, 0.29) is 55.7 Å². The Labute approximate surface area is 55.6 Å². The molecule has 2 N–H and O–H groups in total. The maximum Gasteiger partial charge on any atom is 5.00 e. The Balaban J connectivity index is 0. The molecule has 0 heterocycles. The molecule has 0 amide bonds. The van der Waals surface area contributed by atoms with E-state index >= 15 is 0 Å². The molecular formula is H2NbO2Ta+8. The van der Waals surface area contributed by atoms with Crippen LogP contribution < -0.4 is 0 Å². The van der Waals surface area contributed by atoms with Crippen molar-refractivity contribution >= 4 is 0 Å². The molecule has 0 radical (unpaired) electrons. The Bertz CT molecular complexity index is 6.00. The van der Waals surface area contributed by atoms with Gasteiger partial charge in [-0.15, -0.1) is 0 Å². The minimum atomic E-state index is 0. The second-order valence-corrected chi connectivity index (χ2v) is 0. The van der Waals surface area contributed by atoms with Gasteiger partial charge in [0.25, 0.3) is 0 Å². The Morgan fingerprint density at radius 2 is 0.750 bits per heavy atom. The molecule has 2 nitrogen and oxygen atoms in total. The Morgan fingerprint density at radius 1 is 0.750 bits per heavy atom. The molecule has 0 bridgehead atoms. The predicted octanol–water partition coefficient (Wildman–Crippen LogP) is -0.359. The van der Waals surface area contributed by atoms with Gasteiger partial charge in [0.15, 0.2) is 0 Å². The normalized spacial score (nSPS) is 0. The summed E-state index contributed by atoms with van der Waals surface area (Å²) < 4.78 is 0. The largest absolute Gasteiger partial charge is 5.00 e. The fraction of sp³-hybridized carbons (Fsp3) is 0. The third-order valence-corrected chi connectivity index (χ3v) is 0. The van der Waals surface area contributed by atoms with E-state index in [0.717, 1.165) is 0 Å². The number of hydrogen-bond acceptors (Lipinski definition) is 2. The van der Waals surface area contributed by atoms with Gasteiger partial charge < -0.3 is 11.0 Å². The van der Waals surface area contributed by atoms with Crippen LogP contribution in [0.4, 0.5) is 0 Å². The molecule has 16 valence electrons. The van der Waals surface area contributed by atoms with Crippen molar-refractivity contribution in [2.45, 2.75) is 0 Å². The SMILES string of the molecule is [Nb+5].[OH-].[OH-].[Ta+5]. The first-order valence-electron chi connectivity index (χ1n) is 0. The van der Waals surface area contributed by atoms with E-state index in [1.807, 2.05) is 0 Å². The summed E-state index contributed by atoms with van der Waals surface area (Å²) in [5.74, 6) is 0. The van der Waals surface area contributed by atoms with Gasteiger partial charge in [0.1, 0.15) is 0 Å². The van der Waals surface area contributed by atoms with Crippen LogP contribution in [0.5, 0.6) is 0 Å². The van der Waals surface area contributed by atoms with Gasteiger partial charge in [-0.2, -0.15) is 0 Å². The first kappa shape index (κ1) is 53.3. The second kappa shape index (κ2) is 25.9. The van der Waals surface area contributed by atoms with Gasteiger partial charge in [-0.05, 0) is 0 Å². The van der Waals surface area contributed by atoms with Crippen LogP contribution in [-0.2, 0) is 44.8 Å². The van der Waals surface area contributed by atoms with Crippen molar-refractivity contribution in [2.75, 3.05) is 0 Å². The molecular weight excluding hydrogens is 306 g/mol. The third-order valence-electron chi connectivity index (χ3n) is 0. The van der Waals surface area contributed by atoms with Crippen LogP contribution in [0.15, 0.2) is 0 Å². The van der Waals surface area contributed by atoms with E-state index in [2.05, 4.69) is 0 Å². The molecule has 0 saturated carbocycles. The molecule has 0 aromatic carbocycles. The monoisotopic (exact) mass is 308 g/mol. The molecule has 0 aromatic heterocycles. The molecule has 4 heavy (non-hydrogen) atoms. The summed E-state index contributed by atoms with van der Waals surface area (Å²) in [6, 6.07) is 0. The summed E-state index contributed by atoms with van der Waals surface area (Å²) in [7, 11) is 0. The first-order valence-corrected chi connectivity index (χ1v) is 0. The molecule has 0 unspecified atom stereocenters. The minimum Gasteiger partial charge on any atom is -0.870 e. The zero-order valence-corrected chi connectivity index (χ0v) is 7.20. The second-order valence-electron chi connectivity index (χ2n) is 0. The summed E-state index contributed by atoms with van der Waals surface area (Å²) in [5.41, 5.74) is 0. The van der Waals surface area contributed by atoms with Crippen molar-refractivity contribution in [3.8, 4) is 0 Å². The van der Waals surface area contributed by atoms with Crippen LogP contribution in [-0.4, -0.2) is 11.0 Å². The van der Waals surface area contributed by atoms with Crippen molar-refractivity contribution in [1.29, 1.82) is 0 Å². The number of hydrogen-bond donors (Lipinski definition) is 0. The summed E-state index contributed by atoms with van der Waals surface area (Å²) >= 11 is 0. The van der Waals surface area contributed by atoms with E-state index in [1.54, 1.807) is 0 Å². The minimum absolute atomic E-state index is 0. The smallest absolute Gasteiger partial charge is 0.870 e. The molecule has 4 heteroatoms. The molecule has 0 aliphatic rings. The molecule has 0 aliphatic heterocycles. The van der Waals surface area contributed by atoms with Gasteiger partial charge >= 0.3 is 44.8 Å². The quantitative estimate of drug-likeness (QED) is 0.574. The standard InChI is InChI=1S/Nb.2H2O.Ta/h;2*1H2;/q+5;;;+5/p-2. The van der Waals surface area contributed by atoms with Crippen molar-refractivity contribution in [2.24, 2.45) is 0 Å². The van der Waals surface area contributed by atoms with Crippen molar-refractivity contribution in [3.05, 3.63) is 0 Å². The summed E-state index contributed by atoms with van der Waals surface area (Å²) in [4.78, 5) is 0. The molecule has 0 atom stereocenters. The van der Waals surface area contributed by atoms with Crippen molar-refractivity contribution < 1.29 is 55.7 Å². The average Bonchev–Trinajstić information content (AvgIpc) is 0. The maximum absolute atomic E-state index is 0. The number of rotatable bonds is 0. The Morgan fingerprint density at radius 3 is 0.750 bits per heavy atom. The fourth-order valence-electron chi connectivity index (χ4n) is 0. The van der Waals surface area contributed by atoms with E-state index < -0.39 is 0 Å². The van der Waals surface area contributed by atoms with Gasteiger partial charge in [-0.25, -0.2) is 0 Å². The van der Waals surface area contributed by atoms with Crippen LogP contribution in [0.3, 0.4) is 0 Å². The van der Waals surface area contributed by atoms with Crippen molar-refractivity contribution in [1.82, 2.24) is 0 Å². The molecule has 0 aliphatic carbocycles. The molecule has 0 spiro atoms. The fourth-order valence-corrected chi connectivity index (χ4v) is 0. The van der Waals surface area contributed by atoms with Gasteiger partial charge in [-0.3, -0.25) is 0 Å². The van der Waals surface area contributed by atoms with E-state index in [9.17, 15) is 0 Å². The van der Waals surface area contributed by atoms with Crippen LogP contribution in [0.1, 0.15) is 0 Å². The van der Waals surface area contributed by atoms with Crippen molar-refractivity contribution in [3.63, 3.8) is 0 Å². The zero-order valence-electron chi connectivity index (χ0n) is 1.79. The van der Waals surface area contributed by atoms with E-state index in [1.165, 1.54) is 0 Å². The van der Waals surface area contributed by atoms with Crippen LogP contribution >= 0.6 is 0 Å². The predicted molar refractivity (Wildman–Crippen MR) is 3.87 cm³/mol. The first-order chi connectivity index (χ1) is 0. The molecule has 0 fully saturated rings. The van der Waals surface area contributed by atoms with Crippen LogP contribution in [0.2, 0.25) is 0 Å². The van der Waals surface area contributed by atoms with Gasteiger partial charge in [0.05, 0.1) is 0 Å². The average molecular weight is 308 g/mol. The van der Waals surface area contributed by atoms with Gasteiger partial charge in [0.2, 0.25) is 0 Å². The zero-order chi connectivity index (χ0) is 0. The molecule has 0 aromatic rings. The van der Waals surface area contributed by atoms with Gasteiger partial charge in [-0.1, -0.05) is 0 Å². The summed E-state index contributed by atoms with van der Waals surface area (Å²) in [6.07, 6.45) is 0. The molecule has 0 rings (SSSR count). The van der Waals surface area contributed by atoms with Crippen LogP contribution in [0.25, 0.3) is 0 Å². The van der Waals surface area contributed by atoms with E-state index in [0.29, 0.717) is 0 Å². The summed E-state index contributed by atoms with van der Waals surface area (Å²) in [5, 5.41) is 0. The summed E-state index contributed by atoms with van der Waals surface area (Å²) in [6.45, 7) is 0. The maximum atomic E-state index is 0. The van der Waals surface area contributed by atoms with E-state index in [4.69, 9.17) is 0 Å². The Hall–Kier alpha value is 1.40. The topological polar surface area (TPSA) is 60.0 Å².